The second-order valence-electron chi connectivity index (χ2n) is 5.97. The van der Waals surface area contributed by atoms with E-state index in [2.05, 4.69) is 15.6 Å². The summed E-state index contributed by atoms with van der Waals surface area (Å²) >= 11 is 0. The molecule has 0 aliphatic carbocycles. The molecule has 1 aromatic carbocycles. The first kappa shape index (κ1) is 24.8. The van der Waals surface area contributed by atoms with Gasteiger partial charge in [0.15, 0.2) is 24.1 Å². The minimum absolute atomic E-state index is 0.0380. The lowest BCUT2D eigenvalue weighted by atomic mass is 10.2. The van der Waals surface area contributed by atoms with E-state index in [9.17, 15) is 13.2 Å². The van der Waals surface area contributed by atoms with Crippen molar-refractivity contribution < 1.29 is 32.1 Å². The van der Waals surface area contributed by atoms with Crippen LogP contribution in [-0.2, 0) is 16.0 Å². The average molecular weight is 421 g/mol. The molecule has 0 aliphatic rings. The standard InChI is InChI=1S/C19H30F3N3O4/c1-4-23-18(24-8-5-9-28-11-10-26-2)25-13-15-6-7-16(17(12-15)27-3)29-14-19(20,21)22/h6-7,12H,4-5,8-11,13-14H2,1-3H3,(H2,23,24,25). The van der Waals surface area contributed by atoms with Gasteiger partial charge in [0.2, 0.25) is 0 Å². The number of guanidine groups is 1. The first-order valence-electron chi connectivity index (χ1n) is 9.35. The summed E-state index contributed by atoms with van der Waals surface area (Å²) in [4.78, 5) is 4.48. The van der Waals surface area contributed by atoms with Gasteiger partial charge in [-0.1, -0.05) is 6.07 Å². The highest BCUT2D eigenvalue weighted by molar-refractivity contribution is 5.79. The molecule has 0 atom stereocenters. The topological polar surface area (TPSA) is 73.3 Å². The molecule has 0 amide bonds. The van der Waals surface area contributed by atoms with Crippen molar-refractivity contribution in [1.29, 1.82) is 0 Å². The van der Waals surface area contributed by atoms with E-state index in [1.807, 2.05) is 6.92 Å². The maximum Gasteiger partial charge on any atom is 0.422 e. The number of alkyl halides is 3. The van der Waals surface area contributed by atoms with Gasteiger partial charge in [0.25, 0.3) is 0 Å². The van der Waals surface area contributed by atoms with Crippen molar-refractivity contribution in [2.45, 2.75) is 26.1 Å². The van der Waals surface area contributed by atoms with E-state index in [0.29, 0.717) is 45.4 Å². The number of hydrogen-bond acceptors (Lipinski definition) is 5. The Morgan fingerprint density at radius 2 is 1.86 bits per heavy atom. The van der Waals surface area contributed by atoms with Crippen molar-refractivity contribution in [3.63, 3.8) is 0 Å². The van der Waals surface area contributed by atoms with E-state index in [1.54, 1.807) is 19.2 Å². The Balaban J connectivity index is 2.57. The Bertz CT molecular complexity index is 613. The molecule has 1 rings (SSSR count). The molecular formula is C19H30F3N3O4. The van der Waals surface area contributed by atoms with Gasteiger partial charge >= 0.3 is 6.18 Å². The van der Waals surface area contributed by atoms with Gasteiger partial charge in [-0.15, -0.1) is 0 Å². The van der Waals surface area contributed by atoms with Crippen molar-refractivity contribution in [2.24, 2.45) is 4.99 Å². The first-order valence-corrected chi connectivity index (χ1v) is 9.35. The molecule has 2 N–H and O–H groups in total. The average Bonchev–Trinajstić information content (AvgIpc) is 2.69. The molecule has 29 heavy (non-hydrogen) atoms. The number of nitrogens with zero attached hydrogens (tertiary/aromatic N) is 1. The van der Waals surface area contributed by atoms with Crippen LogP contribution >= 0.6 is 0 Å². The summed E-state index contributed by atoms with van der Waals surface area (Å²) in [5.41, 5.74) is 0.779. The molecule has 10 heteroatoms. The smallest absolute Gasteiger partial charge is 0.422 e. The van der Waals surface area contributed by atoms with Crippen molar-refractivity contribution >= 4 is 5.96 Å². The highest BCUT2D eigenvalue weighted by atomic mass is 19.4. The molecule has 0 unspecified atom stereocenters. The lowest BCUT2D eigenvalue weighted by Crippen LogP contribution is -2.38. The van der Waals surface area contributed by atoms with E-state index >= 15 is 0 Å². The summed E-state index contributed by atoms with van der Waals surface area (Å²) < 4.78 is 57.2. The number of hydrogen-bond donors (Lipinski definition) is 2. The van der Waals surface area contributed by atoms with Crippen LogP contribution in [0.4, 0.5) is 13.2 Å². The molecule has 0 saturated carbocycles. The summed E-state index contributed by atoms with van der Waals surface area (Å²) in [7, 11) is 3.01. The number of benzene rings is 1. The Morgan fingerprint density at radius 1 is 1.07 bits per heavy atom. The highest BCUT2D eigenvalue weighted by Gasteiger charge is 2.29. The zero-order valence-corrected chi connectivity index (χ0v) is 17.1. The lowest BCUT2D eigenvalue weighted by molar-refractivity contribution is -0.153. The summed E-state index contributed by atoms with van der Waals surface area (Å²) in [6.45, 7) is 4.06. The van der Waals surface area contributed by atoms with Crippen LogP contribution in [0.15, 0.2) is 23.2 Å². The fourth-order valence-corrected chi connectivity index (χ4v) is 2.23. The Kier molecular flexibility index (Phi) is 11.9. The van der Waals surface area contributed by atoms with Crippen LogP contribution in [0.2, 0.25) is 0 Å². The molecule has 1 aromatic rings. The second kappa shape index (κ2) is 13.9. The van der Waals surface area contributed by atoms with Crippen LogP contribution in [0.25, 0.3) is 0 Å². The SMILES string of the molecule is CCNC(=NCc1ccc(OCC(F)(F)F)c(OC)c1)NCCCOCCOC. The van der Waals surface area contributed by atoms with Crippen molar-refractivity contribution in [3.8, 4) is 11.5 Å². The normalized spacial score (nSPS) is 12.0. The number of ether oxygens (including phenoxy) is 4. The van der Waals surface area contributed by atoms with Crippen LogP contribution < -0.4 is 20.1 Å². The predicted octanol–water partition coefficient (Wildman–Crippen LogP) is 2.74. The van der Waals surface area contributed by atoms with Gasteiger partial charge in [-0.3, -0.25) is 0 Å². The molecule has 0 radical (unpaired) electrons. The van der Waals surface area contributed by atoms with E-state index < -0.39 is 12.8 Å². The largest absolute Gasteiger partial charge is 0.493 e. The molecule has 0 aromatic heterocycles. The summed E-state index contributed by atoms with van der Waals surface area (Å²) in [6.07, 6.45) is -3.59. The number of rotatable bonds is 13. The maximum atomic E-state index is 12.3. The molecule has 0 bridgehead atoms. The summed E-state index contributed by atoms with van der Waals surface area (Å²) in [5, 5.41) is 6.34. The Morgan fingerprint density at radius 3 is 2.52 bits per heavy atom. The third-order valence-electron chi connectivity index (χ3n) is 3.57. The van der Waals surface area contributed by atoms with Crippen LogP contribution in [0.1, 0.15) is 18.9 Å². The highest BCUT2D eigenvalue weighted by Crippen LogP contribution is 2.30. The quantitative estimate of drug-likeness (QED) is 0.290. The Labute approximate surface area is 169 Å². The summed E-state index contributed by atoms with van der Waals surface area (Å²) in [5.74, 6) is 0.907. The zero-order chi connectivity index (χ0) is 21.5. The van der Waals surface area contributed by atoms with Gasteiger partial charge in [0.05, 0.1) is 26.9 Å². The van der Waals surface area contributed by atoms with Crippen molar-refractivity contribution in [1.82, 2.24) is 10.6 Å². The van der Waals surface area contributed by atoms with Gasteiger partial charge in [-0.2, -0.15) is 13.2 Å². The molecular weight excluding hydrogens is 391 g/mol. The fraction of sp³-hybridized carbons (Fsp3) is 0.632. The number of methoxy groups -OCH3 is 2. The van der Waals surface area contributed by atoms with Crippen LogP contribution in [-0.4, -0.2) is 65.9 Å². The van der Waals surface area contributed by atoms with Crippen molar-refractivity contribution in [2.75, 3.05) is 53.7 Å². The van der Waals surface area contributed by atoms with Gasteiger partial charge in [-0.05, 0) is 31.0 Å². The minimum Gasteiger partial charge on any atom is -0.493 e. The van der Waals surface area contributed by atoms with Gasteiger partial charge in [0, 0.05) is 26.8 Å². The van der Waals surface area contributed by atoms with Gasteiger partial charge < -0.3 is 29.6 Å². The van der Waals surface area contributed by atoms with Gasteiger partial charge in [-0.25, -0.2) is 4.99 Å². The number of nitrogens with one attached hydrogen (secondary N) is 2. The second-order valence-corrected chi connectivity index (χ2v) is 5.97. The number of halogens is 3. The summed E-state index contributed by atoms with van der Waals surface area (Å²) in [6, 6.07) is 4.72. The molecule has 0 fully saturated rings. The van der Waals surface area contributed by atoms with Gasteiger partial charge in [0.1, 0.15) is 0 Å². The van der Waals surface area contributed by atoms with Crippen LogP contribution in [0.5, 0.6) is 11.5 Å². The van der Waals surface area contributed by atoms with Crippen LogP contribution in [0, 0.1) is 0 Å². The molecule has 0 aliphatic heterocycles. The molecule has 7 nitrogen and oxygen atoms in total. The molecule has 0 heterocycles. The lowest BCUT2D eigenvalue weighted by Gasteiger charge is -2.14. The van der Waals surface area contributed by atoms with Crippen LogP contribution in [0.3, 0.4) is 0 Å². The van der Waals surface area contributed by atoms with E-state index in [4.69, 9.17) is 18.9 Å². The predicted molar refractivity (Wildman–Crippen MR) is 105 cm³/mol. The third-order valence-corrected chi connectivity index (χ3v) is 3.57. The molecule has 166 valence electrons. The molecule has 0 saturated heterocycles. The first-order chi connectivity index (χ1) is 13.9. The van der Waals surface area contributed by atoms with Crippen molar-refractivity contribution in [3.05, 3.63) is 23.8 Å². The number of aliphatic imine (C=N–C) groups is 1. The van der Waals surface area contributed by atoms with E-state index in [0.717, 1.165) is 12.0 Å². The zero-order valence-electron chi connectivity index (χ0n) is 17.1. The monoisotopic (exact) mass is 421 g/mol. The van der Waals surface area contributed by atoms with E-state index in [-0.39, 0.29) is 11.5 Å². The fourth-order valence-electron chi connectivity index (χ4n) is 2.23. The van der Waals surface area contributed by atoms with E-state index in [1.165, 1.54) is 13.2 Å². The maximum absolute atomic E-state index is 12.3. The minimum atomic E-state index is -4.41. The molecule has 0 spiro atoms. The Hall–Kier alpha value is -2.20. The third kappa shape index (κ3) is 11.4.